The van der Waals surface area contributed by atoms with Crippen molar-refractivity contribution in [2.45, 2.75) is 25.9 Å². The minimum Gasteiger partial charge on any atom is -0.471 e. The van der Waals surface area contributed by atoms with E-state index in [4.69, 9.17) is 16.3 Å². The van der Waals surface area contributed by atoms with Gasteiger partial charge in [0, 0.05) is 28.9 Å². The average Bonchev–Trinajstić information content (AvgIpc) is 3.42. The third-order valence-corrected chi connectivity index (χ3v) is 5.75. The second kappa shape index (κ2) is 9.13. The van der Waals surface area contributed by atoms with Crippen molar-refractivity contribution >= 4 is 40.6 Å². The highest BCUT2D eigenvalue weighted by Gasteiger charge is 2.34. The number of halogens is 3. The maximum absolute atomic E-state index is 13.0. The molecule has 4 heterocycles. The number of amides is 2. The van der Waals surface area contributed by atoms with E-state index in [0.717, 1.165) is 0 Å². The molecular weight excluding hydrogens is 464 g/mol. The van der Waals surface area contributed by atoms with Crippen LogP contribution in [0.2, 0.25) is 5.02 Å². The molecule has 0 radical (unpaired) electrons. The van der Waals surface area contributed by atoms with Crippen LogP contribution in [0.15, 0.2) is 35.4 Å². The van der Waals surface area contributed by atoms with Gasteiger partial charge in [-0.1, -0.05) is 11.6 Å². The normalized spacial score (nSPS) is 13.9. The monoisotopic (exact) mass is 479 g/mol. The van der Waals surface area contributed by atoms with Crippen LogP contribution in [-0.2, 0) is 6.54 Å². The molecule has 1 aliphatic heterocycles. The summed E-state index contributed by atoms with van der Waals surface area (Å²) >= 11 is 7.42. The largest absolute Gasteiger partial charge is 0.471 e. The number of ether oxygens (including phenoxy) is 1. The summed E-state index contributed by atoms with van der Waals surface area (Å²) < 4.78 is 29.6. The van der Waals surface area contributed by atoms with Gasteiger partial charge in [-0.05, 0) is 24.6 Å². The highest BCUT2D eigenvalue weighted by Crippen LogP contribution is 2.35. The van der Waals surface area contributed by atoms with E-state index in [-0.39, 0.29) is 34.9 Å². The van der Waals surface area contributed by atoms with E-state index in [1.807, 2.05) is 0 Å². The fourth-order valence-corrected chi connectivity index (χ4v) is 4.02. The molecule has 0 aromatic carbocycles. The van der Waals surface area contributed by atoms with Crippen LogP contribution in [0.5, 0.6) is 5.88 Å². The van der Waals surface area contributed by atoms with Gasteiger partial charge in [-0.15, -0.1) is 11.3 Å². The Hall–Kier alpha value is -3.18. The van der Waals surface area contributed by atoms with E-state index in [2.05, 4.69) is 20.3 Å². The van der Waals surface area contributed by atoms with Crippen LogP contribution in [0.3, 0.4) is 0 Å². The van der Waals surface area contributed by atoms with Crippen LogP contribution < -0.4 is 10.1 Å². The van der Waals surface area contributed by atoms with Crippen molar-refractivity contribution < 1.29 is 23.1 Å². The first-order valence-electron chi connectivity index (χ1n) is 9.40. The van der Waals surface area contributed by atoms with Gasteiger partial charge < -0.3 is 15.0 Å². The molecule has 3 aromatic heterocycles. The van der Waals surface area contributed by atoms with E-state index in [9.17, 15) is 18.4 Å². The van der Waals surface area contributed by atoms with Crippen LogP contribution in [0.4, 0.5) is 14.6 Å². The Morgan fingerprint density at radius 3 is 2.88 bits per heavy atom. The van der Waals surface area contributed by atoms with Gasteiger partial charge >= 0.3 is 0 Å². The maximum atomic E-state index is 13.0. The van der Waals surface area contributed by atoms with Gasteiger partial charge in [0.05, 0.1) is 18.1 Å². The minimum atomic E-state index is -2.65. The van der Waals surface area contributed by atoms with Crippen molar-refractivity contribution in [3.63, 3.8) is 0 Å². The summed E-state index contributed by atoms with van der Waals surface area (Å²) in [6, 6.07) is 2.68. The summed E-state index contributed by atoms with van der Waals surface area (Å²) in [6.45, 7) is 1.18. The van der Waals surface area contributed by atoms with E-state index in [1.165, 1.54) is 29.8 Å². The molecule has 0 bridgehead atoms. The SMILES string of the molecule is CC(c1cnc(OCC(F)F)c(Cl)c1)N1Cc2c(ccnc2NC(=O)c2cscn2)C1=O. The molecule has 0 saturated heterocycles. The molecule has 1 atom stereocenters. The lowest BCUT2D eigenvalue weighted by atomic mass is 10.1. The Kier molecular flexibility index (Phi) is 6.28. The molecule has 1 unspecified atom stereocenters. The number of aromatic nitrogens is 3. The van der Waals surface area contributed by atoms with Crippen molar-refractivity contribution in [2.75, 3.05) is 11.9 Å². The first-order chi connectivity index (χ1) is 15.3. The van der Waals surface area contributed by atoms with Crippen molar-refractivity contribution in [1.82, 2.24) is 19.9 Å². The first-order valence-corrected chi connectivity index (χ1v) is 10.7. The molecule has 1 N–H and O–H groups in total. The number of hydrogen-bond acceptors (Lipinski definition) is 7. The molecule has 0 aliphatic carbocycles. The first kappa shape index (κ1) is 22.0. The molecule has 1 aliphatic rings. The molecule has 0 spiro atoms. The molecule has 0 saturated carbocycles. The summed E-state index contributed by atoms with van der Waals surface area (Å²) in [7, 11) is 0. The number of fused-ring (bicyclic) bond motifs is 1. The number of hydrogen-bond donors (Lipinski definition) is 1. The van der Waals surface area contributed by atoms with Crippen molar-refractivity contribution in [3.05, 3.63) is 62.8 Å². The zero-order valence-electron chi connectivity index (χ0n) is 16.6. The summed E-state index contributed by atoms with van der Waals surface area (Å²) in [4.78, 5) is 39.2. The predicted octanol–water partition coefficient (Wildman–Crippen LogP) is 4.20. The van der Waals surface area contributed by atoms with Gasteiger partial charge in [-0.2, -0.15) is 0 Å². The van der Waals surface area contributed by atoms with Crippen LogP contribution >= 0.6 is 22.9 Å². The molecule has 0 fully saturated rings. The molecule has 12 heteroatoms. The van der Waals surface area contributed by atoms with Gasteiger partial charge in [0.15, 0.2) is 6.61 Å². The number of carbonyl (C=O) groups is 2. The maximum Gasteiger partial charge on any atom is 0.276 e. The second-order valence-electron chi connectivity index (χ2n) is 6.88. The quantitative estimate of drug-likeness (QED) is 0.545. The zero-order chi connectivity index (χ0) is 22.8. The molecule has 8 nitrogen and oxygen atoms in total. The van der Waals surface area contributed by atoms with Crippen molar-refractivity contribution in [2.24, 2.45) is 0 Å². The lowest BCUT2D eigenvalue weighted by Crippen LogP contribution is -2.27. The zero-order valence-corrected chi connectivity index (χ0v) is 18.2. The third-order valence-electron chi connectivity index (χ3n) is 4.90. The fourth-order valence-electron chi connectivity index (χ4n) is 3.26. The van der Waals surface area contributed by atoms with Crippen molar-refractivity contribution in [1.29, 1.82) is 0 Å². The number of pyridine rings is 2. The Bertz CT molecular complexity index is 1160. The number of carbonyl (C=O) groups excluding carboxylic acids is 2. The summed E-state index contributed by atoms with van der Waals surface area (Å²) in [5.41, 5.74) is 3.42. The Balaban J connectivity index is 1.53. The molecule has 2 amide bonds. The smallest absolute Gasteiger partial charge is 0.276 e. The highest BCUT2D eigenvalue weighted by molar-refractivity contribution is 7.07. The summed E-state index contributed by atoms with van der Waals surface area (Å²) in [5.74, 6) is -0.472. The highest BCUT2D eigenvalue weighted by atomic mass is 35.5. The number of rotatable bonds is 7. The third kappa shape index (κ3) is 4.39. The Labute approximate surface area is 190 Å². The topological polar surface area (TPSA) is 97.3 Å². The van der Waals surface area contributed by atoms with Gasteiger partial charge in [0.2, 0.25) is 5.88 Å². The minimum absolute atomic E-state index is 0.0667. The van der Waals surface area contributed by atoms with Crippen LogP contribution in [0.1, 0.15) is 44.9 Å². The van der Waals surface area contributed by atoms with E-state index >= 15 is 0 Å². The Morgan fingerprint density at radius 2 is 2.19 bits per heavy atom. The Morgan fingerprint density at radius 1 is 1.38 bits per heavy atom. The van der Waals surface area contributed by atoms with Crippen LogP contribution in [0, 0.1) is 0 Å². The number of alkyl halides is 2. The van der Waals surface area contributed by atoms with Crippen LogP contribution in [0.25, 0.3) is 0 Å². The van der Waals surface area contributed by atoms with E-state index < -0.39 is 25.0 Å². The summed E-state index contributed by atoms with van der Waals surface area (Å²) in [5, 5.41) is 4.39. The number of anilines is 1. The van der Waals surface area contributed by atoms with Gasteiger partial charge in [-0.25, -0.2) is 23.7 Å². The van der Waals surface area contributed by atoms with Crippen LogP contribution in [-0.4, -0.2) is 44.7 Å². The lowest BCUT2D eigenvalue weighted by molar-refractivity contribution is 0.0713. The molecule has 32 heavy (non-hydrogen) atoms. The molecule has 3 aromatic rings. The average molecular weight is 480 g/mol. The molecule has 166 valence electrons. The van der Waals surface area contributed by atoms with E-state index in [0.29, 0.717) is 16.7 Å². The van der Waals surface area contributed by atoms with Gasteiger partial charge in [0.1, 0.15) is 16.5 Å². The standard InChI is InChI=1S/C20H16ClF2N5O3S/c1-10(11-4-14(21)19(25-5-11)31-7-16(22)23)28-6-13-12(20(28)30)2-3-24-17(13)27-18(29)15-8-32-9-26-15/h2-5,8-10,16H,6-7H2,1H3,(H,24,27,29). The fraction of sp³-hybridized carbons (Fsp3) is 0.250. The lowest BCUT2D eigenvalue weighted by Gasteiger charge is -2.24. The van der Waals surface area contributed by atoms with Gasteiger partial charge in [0.25, 0.3) is 18.2 Å². The van der Waals surface area contributed by atoms with Gasteiger partial charge in [-0.3, -0.25) is 9.59 Å². The molecular formula is C20H16ClF2N5O3S. The second-order valence-corrected chi connectivity index (χ2v) is 8.01. The number of thiazole rings is 1. The predicted molar refractivity (Wildman–Crippen MR) is 113 cm³/mol. The number of nitrogens with zero attached hydrogens (tertiary/aromatic N) is 4. The van der Waals surface area contributed by atoms with E-state index in [1.54, 1.807) is 28.8 Å². The molecule has 4 rings (SSSR count). The number of nitrogens with one attached hydrogen (secondary N) is 1. The van der Waals surface area contributed by atoms with Crippen molar-refractivity contribution in [3.8, 4) is 5.88 Å². The summed E-state index contributed by atoms with van der Waals surface area (Å²) in [6.07, 6.45) is 0.234.